The third kappa shape index (κ3) is 6.82. The van der Waals surface area contributed by atoms with Crippen LogP contribution in [-0.4, -0.2) is 44.2 Å². The second kappa shape index (κ2) is 11.5. The molecule has 0 saturated carbocycles. The smallest absolute Gasteiger partial charge is 0.430 e. The van der Waals surface area contributed by atoms with Gasteiger partial charge in [-0.15, -0.1) is 0 Å². The predicted molar refractivity (Wildman–Crippen MR) is 153 cm³/mol. The number of fused-ring (bicyclic) bond motifs is 1. The Morgan fingerprint density at radius 3 is 1.96 bits per heavy atom. The standard InChI is InChI=1S/C32H30F6N2O5/c1-28(2,3)45-27(42)29(4,5)44-22-15-16-24-23(18-22)26(41)40(25(39-24)17-19-9-7-6-8-10-19)21-13-11-20(12-14-21)30(43,31(33,34)35)32(36,37)38/h6-16,18,43H,17H2,1-5H3. The topological polar surface area (TPSA) is 90.7 Å². The first-order valence-corrected chi connectivity index (χ1v) is 13.6. The lowest BCUT2D eigenvalue weighted by Gasteiger charge is -2.32. The van der Waals surface area contributed by atoms with Crippen LogP contribution in [0.2, 0.25) is 0 Å². The van der Waals surface area contributed by atoms with Crippen LogP contribution >= 0.6 is 0 Å². The second-order valence-electron chi connectivity index (χ2n) is 11.9. The molecule has 3 aromatic carbocycles. The van der Waals surface area contributed by atoms with Crippen molar-refractivity contribution in [3.05, 3.63) is 100 Å². The van der Waals surface area contributed by atoms with Crippen LogP contribution in [0.5, 0.6) is 5.75 Å². The van der Waals surface area contributed by atoms with E-state index in [1.165, 1.54) is 32.0 Å². The van der Waals surface area contributed by atoms with Gasteiger partial charge in [-0.3, -0.25) is 9.36 Å². The number of esters is 1. The van der Waals surface area contributed by atoms with Gasteiger partial charge in [0, 0.05) is 12.0 Å². The number of ether oxygens (including phenoxy) is 2. The van der Waals surface area contributed by atoms with Gasteiger partial charge in [-0.2, -0.15) is 26.3 Å². The van der Waals surface area contributed by atoms with E-state index in [4.69, 9.17) is 9.47 Å². The molecule has 0 aliphatic heterocycles. The fourth-order valence-electron chi connectivity index (χ4n) is 4.51. The fourth-order valence-corrected chi connectivity index (χ4v) is 4.51. The Labute approximate surface area is 254 Å². The average Bonchev–Trinajstić information content (AvgIpc) is 2.91. The number of aliphatic hydroxyl groups is 1. The van der Waals surface area contributed by atoms with Crippen molar-refractivity contribution >= 4 is 16.9 Å². The van der Waals surface area contributed by atoms with Crippen LogP contribution in [0.3, 0.4) is 0 Å². The summed E-state index contributed by atoms with van der Waals surface area (Å²) in [5.74, 6) is -0.423. The lowest BCUT2D eigenvalue weighted by atomic mass is 9.92. The van der Waals surface area contributed by atoms with Gasteiger partial charge in [0.1, 0.15) is 17.2 Å². The normalized spacial score (nSPS) is 13.2. The highest BCUT2D eigenvalue weighted by Gasteiger charge is 2.71. The van der Waals surface area contributed by atoms with E-state index >= 15 is 0 Å². The lowest BCUT2D eigenvalue weighted by Crippen LogP contribution is -2.53. The van der Waals surface area contributed by atoms with Crippen molar-refractivity contribution in [3.63, 3.8) is 0 Å². The highest BCUT2D eigenvalue weighted by molar-refractivity contribution is 5.81. The summed E-state index contributed by atoms with van der Waals surface area (Å²) in [7, 11) is 0. The second-order valence-corrected chi connectivity index (χ2v) is 11.9. The molecule has 1 N–H and O–H groups in total. The molecular weight excluding hydrogens is 606 g/mol. The molecule has 1 heterocycles. The number of hydrogen-bond acceptors (Lipinski definition) is 6. The molecule has 0 aliphatic carbocycles. The molecule has 1 aromatic heterocycles. The van der Waals surface area contributed by atoms with Crippen molar-refractivity contribution in [1.29, 1.82) is 0 Å². The van der Waals surface area contributed by atoms with Crippen molar-refractivity contribution < 1.29 is 45.7 Å². The summed E-state index contributed by atoms with van der Waals surface area (Å²) in [4.78, 5) is 31.2. The minimum atomic E-state index is -6.07. The first kappa shape index (κ1) is 33.5. The molecule has 0 aliphatic rings. The number of carbonyl (C=O) groups excluding carboxylic acids is 1. The van der Waals surface area contributed by atoms with Gasteiger partial charge in [0.15, 0.2) is 5.60 Å². The number of nitrogens with zero attached hydrogens (tertiary/aromatic N) is 2. The first-order valence-electron chi connectivity index (χ1n) is 13.6. The van der Waals surface area contributed by atoms with Gasteiger partial charge in [-0.05, 0) is 70.5 Å². The molecular formula is C32H30F6N2O5. The Kier molecular flexibility index (Phi) is 8.57. The summed E-state index contributed by atoms with van der Waals surface area (Å²) in [6.07, 6.45) is -12.1. The Morgan fingerprint density at radius 1 is 0.844 bits per heavy atom. The van der Waals surface area contributed by atoms with Gasteiger partial charge in [0.05, 0.1) is 16.6 Å². The number of halogens is 6. The van der Waals surface area contributed by atoms with E-state index in [1.807, 2.05) is 0 Å². The van der Waals surface area contributed by atoms with Crippen LogP contribution in [-0.2, 0) is 21.6 Å². The van der Waals surface area contributed by atoms with E-state index in [1.54, 1.807) is 51.1 Å². The Morgan fingerprint density at radius 2 is 1.42 bits per heavy atom. The third-order valence-electron chi connectivity index (χ3n) is 6.74. The summed E-state index contributed by atoms with van der Waals surface area (Å²) < 4.78 is 93.1. The molecule has 4 rings (SSSR count). The molecule has 240 valence electrons. The van der Waals surface area contributed by atoms with Gasteiger partial charge in [-0.1, -0.05) is 42.5 Å². The van der Waals surface area contributed by atoms with E-state index < -0.39 is 46.2 Å². The van der Waals surface area contributed by atoms with Crippen molar-refractivity contribution in [2.45, 2.75) is 70.2 Å². The summed E-state index contributed by atoms with van der Waals surface area (Å²) in [6.45, 7) is 8.04. The number of hydrogen-bond donors (Lipinski definition) is 1. The molecule has 0 fully saturated rings. The van der Waals surface area contributed by atoms with Crippen LogP contribution in [0, 0.1) is 0 Å². The maximum Gasteiger partial charge on any atom is 0.430 e. The summed E-state index contributed by atoms with van der Waals surface area (Å²) in [5, 5.41) is 9.81. The summed E-state index contributed by atoms with van der Waals surface area (Å²) in [5.41, 5.74) is -8.73. The average molecular weight is 637 g/mol. The molecule has 7 nitrogen and oxygen atoms in total. The molecule has 4 aromatic rings. The van der Waals surface area contributed by atoms with Crippen LogP contribution in [0.4, 0.5) is 26.3 Å². The van der Waals surface area contributed by atoms with Crippen LogP contribution in [0.15, 0.2) is 77.6 Å². The quantitative estimate of drug-likeness (QED) is 0.178. The molecule has 0 radical (unpaired) electrons. The van der Waals surface area contributed by atoms with E-state index in [0.717, 1.165) is 22.3 Å². The number of carbonyl (C=O) groups is 1. The predicted octanol–water partition coefficient (Wildman–Crippen LogP) is 6.79. The van der Waals surface area contributed by atoms with Crippen molar-refractivity contribution in [1.82, 2.24) is 9.55 Å². The molecule has 0 amide bonds. The SMILES string of the molecule is CC(C)(C)OC(=O)C(C)(C)Oc1ccc2nc(Cc3ccccc3)n(-c3ccc(C(O)(C(F)(F)F)C(F)(F)F)cc3)c(=O)c2c1. The van der Waals surface area contributed by atoms with Crippen molar-refractivity contribution in [2.75, 3.05) is 0 Å². The molecule has 0 spiro atoms. The highest BCUT2D eigenvalue weighted by Crippen LogP contribution is 2.50. The van der Waals surface area contributed by atoms with Gasteiger partial charge in [0.2, 0.25) is 0 Å². The van der Waals surface area contributed by atoms with Gasteiger partial charge in [0.25, 0.3) is 11.2 Å². The number of aromatic nitrogens is 2. The molecule has 0 bridgehead atoms. The van der Waals surface area contributed by atoms with Crippen LogP contribution in [0.25, 0.3) is 16.6 Å². The largest absolute Gasteiger partial charge is 0.476 e. The maximum absolute atomic E-state index is 13.9. The fraction of sp³-hybridized carbons (Fsp3) is 0.344. The molecule has 0 unspecified atom stereocenters. The zero-order valence-corrected chi connectivity index (χ0v) is 24.9. The van der Waals surface area contributed by atoms with Gasteiger partial charge in [-0.25, -0.2) is 9.78 Å². The van der Waals surface area contributed by atoms with Gasteiger partial charge < -0.3 is 14.6 Å². The van der Waals surface area contributed by atoms with E-state index in [-0.39, 0.29) is 34.6 Å². The van der Waals surface area contributed by atoms with Crippen molar-refractivity contribution in [3.8, 4) is 11.4 Å². The number of rotatable bonds is 7. The molecule has 45 heavy (non-hydrogen) atoms. The van der Waals surface area contributed by atoms with E-state index in [2.05, 4.69) is 4.98 Å². The number of benzene rings is 3. The summed E-state index contributed by atoms with van der Waals surface area (Å²) in [6, 6.07) is 15.8. The van der Waals surface area contributed by atoms with Crippen molar-refractivity contribution in [2.24, 2.45) is 0 Å². The van der Waals surface area contributed by atoms with Gasteiger partial charge >= 0.3 is 18.3 Å². The molecule has 0 atom stereocenters. The van der Waals surface area contributed by atoms with E-state index in [9.17, 15) is 41.0 Å². The zero-order chi connectivity index (χ0) is 33.6. The number of alkyl halides is 6. The summed E-state index contributed by atoms with van der Waals surface area (Å²) >= 11 is 0. The Bertz CT molecular complexity index is 1740. The van der Waals surface area contributed by atoms with Crippen LogP contribution < -0.4 is 10.3 Å². The molecule has 0 saturated heterocycles. The maximum atomic E-state index is 13.9. The molecule has 13 heteroatoms. The lowest BCUT2D eigenvalue weighted by molar-refractivity contribution is -0.376. The first-order chi connectivity index (χ1) is 20.6. The monoisotopic (exact) mass is 636 g/mol. The minimum Gasteiger partial charge on any atom is -0.476 e. The zero-order valence-electron chi connectivity index (χ0n) is 24.9. The Hall–Kier alpha value is -4.39. The van der Waals surface area contributed by atoms with Crippen LogP contribution in [0.1, 0.15) is 51.6 Å². The van der Waals surface area contributed by atoms with E-state index in [0.29, 0.717) is 12.1 Å². The third-order valence-corrected chi connectivity index (χ3v) is 6.74. The highest BCUT2D eigenvalue weighted by atomic mass is 19.4. The Balaban J connectivity index is 1.86. The minimum absolute atomic E-state index is 0.00420.